The van der Waals surface area contributed by atoms with Gasteiger partial charge in [0.1, 0.15) is 0 Å². The zero-order valence-electron chi connectivity index (χ0n) is 11.4. The van der Waals surface area contributed by atoms with Crippen LogP contribution in [-0.4, -0.2) is 42.5 Å². The van der Waals surface area contributed by atoms with Gasteiger partial charge in [0, 0.05) is 37.9 Å². The standard InChI is InChI=1S/C14H17F2N3.2ClH/c15-14(16)13(19-7-5-17-6-8-19)11-1-2-12-10(9-11)3-4-18-12;;/h1-4,9,13-14,17-18H,5-8H2;2*1H/t13-;;/m0../s1. The maximum Gasteiger partial charge on any atom is 0.258 e. The molecule has 2 heterocycles. The highest BCUT2D eigenvalue weighted by Crippen LogP contribution is 2.29. The van der Waals surface area contributed by atoms with Gasteiger partial charge in [0.15, 0.2) is 0 Å². The van der Waals surface area contributed by atoms with E-state index < -0.39 is 12.5 Å². The van der Waals surface area contributed by atoms with Crippen LogP contribution in [0.3, 0.4) is 0 Å². The molecule has 118 valence electrons. The summed E-state index contributed by atoms with van der Waals surface area (Å²) in [5.41, 5.74) is 1.68. The Morgan fingerprint density at radius 3 is 2.43 bits per heavy atom. The van der Waals surface area contributed by atoms with E-state index in [1.54, 1.807) is 6.07 Å². The molecular formula is C14H19Cl2F2N3. The van der Waals surface area contributed by atoms with Crippen molar-refractivity contribution in [1.82, 2.24) is 15.2 Å². The molecule has 1 saturated heterocycles. The Bertz CT molecular complexity index is 556. The van der Waals surface area contributed by atoms with Gasteiger partial charge in [0.2, 0.25) is 0 Å². The smallest absolute Gasteiger partial charge is 0.258 e. The Hall–Kier alpha value is -0.880. The summed E-state index contributed by atoms with van der Waals surface area (Å²) < 4.78 is 26.9. The predicted octanol–water partition coefficient (Wildman–Crippen LogP) is 3.22. The van der Waals surface area contributed by atoms with Gasteiger partial charge in [-0.15, -0.1) is 24.8 Å². The van der Waals surface area contributed by atoms with E-state index in [0.29, 0.717) is 18.7 Å². The van der Waals surface area contributed by atoms with Gasteiger partial charge in [0.25, 0.3) is 6.43 Å². The van der Waals surface area contributed by atoms with Crippen molar-refractivity contribution in [3.05, 3.63) is 36.0 Å². The molecule has 0 unspecified atom stereocenters. The molecule has 0 spiro atoms. The van der Waals surface area contributed by atoms with Gasteiger partial charge in [-0.25, -0.2) is 8.78 Å². The summed E-state index contributed by atoms with van der Waals surface area (Å²) in [6.07, 6.45) is -0.536. The maximum atomic E-state index is 13.4. The van der Waals surface area contributed by atoms with E-state index in [-0.39, 0.29) is 24.8 Å². The molecule has 7 heteroatoms. The van der Waals surface area contributed by atoms with E-state index in [9.17, 15) is 8.78 Å². The van der Waals surface area contributed by atoms with Crippen molar-refractivity contribution in [1.29, 1.82) is 0 Å². The lowest BCUT2D eigenvalue weighted by atomic mass is 10.0. The minimum Gasteiger partial charge on any atom is -0.361 e. The molecule has 1 aromatic heterocycles. The predicted molar refractivity (Wildman–Crippen MR) is 86.0 cm³/mol. The van der Waals surface area contributed by atoms with Gasteiger partial charge in [-0.05, 0) is 29.1 Å². The molecule has 1 aliphatic rings. The third kappa shape index (κ3) is 3.86. The number of aromatic amines is 1. The zero-order valence-corrected chi connectivity index (χ0v) is 13.0. The number of benzene rings is 1. The average molecular weight is 338 g/mol. The Balaban J connectivity index is 0.00000110. The number of halogens is 4. The molecule has 1 atom stereocenters. The molecule has 21 heavy (non-hydrogen) atoms. The number of nitrogens with one attached hydrogen (secondary N) is 2. The van der Waals surface area contributed by atoms with Crippen molar-refractivity contribution < 1.29 is 8.78 Å². The van der Waals surface area contributed by atoms with Gasteiger partial charge in [-0.2, -0.15) is 0 Å². The van der Waals surface area contributed by atoms with Crippen LogP contribution in [0, 0.1) is 0 Å². The van der Waals surface area contributed by atoms with Crippen molar-refractivity contribution in [3.63, 3.8) is 0 Å². The highest BCUT2D eigenvalue weighted by molar-refractivity contribution is 5.85. The van der Waals surface area contributed by atoms with Crippen LogP contribution in [-0.2, 0) is 0 Å². The zero-order chi connectivity index (χ0) is 13.2. The van der Waals surface area contributed by atoms with Gasteiger partial charge in [0.05, 0.1) is 6.04 Å². The molecule has 3 rings (SSSR count). The summed E-state index contributed by atoms with van der Waals surface area (Å²) in [6.45, 7) is 2.88. The molecule has 2 N–H and O–H groups in total. The number of hydrogen-bond donors (Lipinski definition) is 2. The molecule has 0 saturated carbocycles. The minimum atomic E-state index is -2.37. The molecule has 1 aliphatic heterocycles. The number of fused-ring (bicyclic) bond motifs is 1. The second kappa shape index (κ2) is 7.94. The highest BCUT2D eigenvalue weighted by atomic mass is 35.5. The Labute approximate surface area is 134 Å². The van der Waals surface area contributed by atoms with Crippen LogP contribution in [0.1, 0.15) is 11.6 Å². The first kappa shape index (κ1) is 18.2. The number of H-pyrrole nitrogens is 1. The normalized spacial score (nSPS) is 17.3. The number of rotatable bonds is 3. The van der Waals surface area contributed by atoms with E-state index in [1.807, 2.05) is 29.3 Å². The van der Waals surface area contributed by atoms with E-state index in [0.717, 1.165) is 24.0 Å². The number of hydrogen-bond acceptors (Lipinski definition) is 2. The van der Waals surface area contributed by atoms with Crippen LogP contribution < -0.4 is 5.32 Å². The fourth-order valence-electron chi connectivity index (χ4n) is 2.73. The first-order chi connectivity index (χ1) is 9.25. The Morgan fingerprint density at radius 1 is 1.05 bits per heavy atom. The average Bonchev–Trinajstić information content (AvgIpc) is 2.87. The van der Waals surface area contributed by atoms with Gasteiger partial charge < -0.3 is 10.3 Å². The SMILES string of the molecule is Cl.Cl.FC(F)[C@H](c1ccc2[nH]ccc2c1)N1CCNCC1. The van der Waals surface area contributed by atoms with Crippen LogP contribution in [0.4, 0.5) is 8.78 Å². The van der Waals surface area contributed by atoms with Gasteiger partial charge in [-0.3, -0.25) is 4.90 Å². The third-order valence-electron chi connectivity index (χ3n) is 3.70. The van der Waals surface area contributed by atoms with Crippen LogP contribution in [0.5, 0.6) is 0 Å². The molecule has 1 aromatic carbocycles. The lowest BCUT2D eigenvalue weighted by Crippen LogP contribution is -2.46. The van der Waals surface area contributed by atoms with Crippen LogP contribution in [0.2, 0.25) is 0 Å². The summed E-state index contributed by atoms with van der Waals surface area (Å²) >= 11 is 0. The summed E-state index contributed by atoms with van der Waals surface area (Å²) in [4.78, 5) is 4.95. The summed E-state index contributed by atoms with van der Waals surface area (Å²) in [5, 5.41) is 4.18. The number of aromatic nitrogens is 1. The van der Waals surface area contributed by atoms with E-state index in [1.165, 1.54) is 0 Å². The largest absolute Gasteiger partial charge is 0.361 e. The monoisotopic (exact) mass is 337 g/mol. The maximum absolute atomic E-state index is 13.4. The van der Waals surface area contributed by atoms with Crippen LogP contribution in [0.25, 0.3) is 10.9 Å². The third-order valence-corrected chi connectivity index (χ3v) is 3.70. The first-order valence-corrected chi connectivity index (χ1v) is 6.55. The molecular weight excluding hydrogens is 319 g/mol. The van der Waals surface area contributed by atoms with Crippen molar-refractivity contribution in [3.8, 4) is 0 Å². The van der Waals surface area contributed by atoms with Crippen molar-refractivity contribution in [2.45, 2.75) is 12.5 Å². The number of alkyl halides is 2. The first-order valence-electron chi connectivity index (χ1n) is 6.55. The van der Waals surface area contributed by atoms with E-state index >= 15 is 0 Å². The Kier molecular flexibility index (Phi) is 6.87. The van der Waals surface area contributed by atoms with Crippen LogP contribution >= 0.6 is 24.8 Å². The summed E-state index contributed by atoms with van der Waals surface area (Å²) in [5.74, 6) is 0. The molecule has 1 fully saturated rings. The molecule has 0 radical (unpaired) electrons. The number of nitrogens with zero attached hydrogens (tertiary/aromatic N) is 1. The van der Waals surface area contributed by atoms with E-state index in [2.05, 4.69) is 10.3 Å². The number of piperazine rings is 1. The van der Waals surface area contributed by atoms with Crippen LogP contribution in [0.15, 0.2) is 30.5 Å². The minimum absolute atomic E-state index is 0. The van der Waals surface area contributed by atoms with E-state index in [4.69, 9.17) is 0 Å². The quantitative estimate of drug-likeness (QED) is 0.900. The summed E-state index contributed by atoms with van der Waals surface area (Å²) in [6, 6.07) is 6.66. The summed E-state index contributed by atoms with van der Waals surface area (Å²) in [7, 11) is 0. The topological polar surface area (TPSA) is 31.1 Å². The fraction of sp³-hybridized carbons (Fsp3) is 0.429. The molecule has 3 nitrogen and oxygen atoms in total. The fourth-order valence-corrected chi connectivity index (χ4v) is 2.73. The molecule has 0 aliphatic carbocycles. The second-order valence-electron chi connectivity index (χ2n) is 4.89. The lowest BCUT2D eigenvalue weighted by molar-refractivity contribution is 0.0182. The molecule has 0 amide bonds. The van der Waals surface area contributed by atoms with Crippen molar-refractivity contribution in [2.24, 2.45) is 0 Å². The van der Waals surface area contributed by atoms with Crippen molar-refractivity contribution in [2.75, 3.05) is 26.2 Å². The van der Waals surface area contributed by atoms with Gasteiger partial charge >= 0.3 is 0 Å². The molecule has 2 aromatic rings. The van der Waals surface area contributed by atoms with Gasteiger partial charge in [-0.1, -0.05) is 6.07 Å². The second-order valence-corrected chi connectivity index (χ2v) is 4.89. The highest BCUT2D eigenvalue weighted by Gasteiger charge is 2.30. The molecule has 0 bridgehead atoms. The Morgan fingerprint density at radius 2 is 1.76 bits per heavy atom. The lowest BCUT2D eigenvalue weighted by Gasteiger charge is -2.34. The van der Waals surface area contributed by atoms with Crippen molar-refractivity contribution >= 4 is 35.7 Å².